The van der Waals surface area contributed by atoms with Gasteiger partial charge in [0.05, 0.1) is 26.2 Å². The number of benzene rings is 1. The van der Waals surface area contributed by atoms with Crippen LogP contribution in [-0.2, 0) is 5.41 Å². The zero-order valence-electron chi connectivity index (χ0n) is 11.3. The van der Waals surface area contributed by atoms with E-state index in [0.717, 1.165) is 5.02 Å². The third-order valence-corrected chi connectivity index (χ3v) is 5.39. The predicted molar refractivity (Wildman–Crippen MR) is 77.0 cm³/mol. The van der Waals surface area contributed by atoms with Crippen molar-refractivity contribution in [3.63, 3.8) is 0 Å². The lowest BCUT2D eigenvalue weighted by atomic mass is 9.94. The van der Waals surface area contributed by atoms with E-state index >= 15 is 0 Å². The molecular weight excluding hydrogens is 242 g/mol. The Bertz CT molecular complexity index is 413. The molecule has 1 saturated heterocycles. The Morgan fingerprint density at radius 3 is 2.22 bits per heavy atom. The summed E-state index contributed by atoms with van der Waals surface area (Å²) in [7, 11) is 0. The second kappa shape index (κ2) is 4.54. The minimum Gasteiger partial charge on any atom is -0.323 e. The molecule has 0 atom stereocenters. The molecule has 18 heavy (non-hydrogen) atoms. The molecule has 3 rings (SSSR count). The maximum atomic E-state index is 6.00. The van der Waals surface area contributed by atoms with Gasteiger partial charge in [-0.15, -0.1) is 0 Å². The Balaban J connectivity index is 1.81. The first-order chi connectivity index (χ1) is 8.68. The summed E-state index contributed by atoms with van der Waals surface area (Å²) >= 11 is 6.00. The van der Waals surface area contributed by atoms with Gasteiger partial charge in [0.1, 0.15) is 0 Å². The zero-order valence-corrected chi connectivity index (χ0v) is 12.0. The molecule has 0 aromatic heterocycles. The number of rotatable bonds is 4. The van der Waals surface area contributed by atoms with Gasteiger partial charge >= 0.3 is 0 Å². The first-order valence-corrected chi connectivity index (χ1v) is 7.67. The van der Waals surface area contributed by atoms with Crippen LogP contribution < -0.4 is 0 Å². The van der Waals surface area contributed by atoms with Gasteiger partial charge in [-0.3, -0.25) is 0 Å². The summed E-state index contributed by atoms with van der Waals surface area (Å²) < 4.78 is 1.35. The van der Waals surface area contributed by atoms with Crippen molar-refractivity contribution in [1.29, 1.82) is 0 Å². The molecule has 1 aromatic carbocycles. The van der Waals surface area contributed by atoms with Crippen molar-refractivity contribution < 1.29 is 4.48 Å². The van der Waals surface area contributed by atoms with E-state index in [4.69, 9.17) is 11.6 Å². The van der Waals surface area contributed by atoms with Gasteiger partial charge in [0, 0.05) is 23.3 Å². The fourth-order valence-electron chi connectivity index (χ4n) is 3.73. The summed E-state index contributed by atoms with van der Waals surface area (Å²) in [6.07, 6.45) is 5.58. The molecule has 2 heteroatoms. The van der Waals surface area contributed by atoms with Crippen LogP contribution in [0.15, 0.2) is 24.3 Å². The summed E-state index contributed by atoms with van der Waals surface area (Å²) in [5, 5.41) is 0.857. The maximum Gasteiger partial charge on any atom is 0.0884 e. The van der Waals surface area contributed by atoms with Gasteiger partial charge in [0.2, 0.25) is 0 Å². The highest BCUT2D eigenvalue weighted by Crippen LogP contribution is 2.50. The van der Waals surface area contributed by atoms with Crippen molar-refractivity contribution in [3.8, 4) is 0 Å². The molecule has 0 bridgehead atoms. The van der Waals surface area contributed by atoms with Crippen LogP contribution in [0, 0.1) is 0 Å². The Labute approximate surface area is 115 Å². The van der Waals surface area contributed by atoms with Gasteiger partial charge in [-0.1, -0.05) is 23.7 Å². The van der Waals surface area contributed by atoms with Crippen molar-refractivity contribution in [1.82, 2.24) is 0 Å². The van der Waals surface area contributed by atoms with Crippen molar-refractivity contribution in [3.05, 3.63) is 34.9 Å². The van der Waals surface area contributed by atoms with E-state index in [1.54, 1.807) is 0 Å². The summed E-state index contributed by atoms with van der Waals surface area (Å²) in [4.78, 5) is 0. The van der Waals surface area contributed by atoms with Gasteiger partial charge in [0.15, 0.2) is 0 Å². The van der Waals surface area contributed by atoms with Crippen molar-refractivity contribution in [2.45, 2.75) is 38.0 Å². The second-order valence-electron chi connectivity index (χ2n) is 6.26. The summed E-state index contributed by atoms with van der Waals surface area (Å²) in [5.74, 6) is 0. The minimum atomic E-state index is 0.477. The largest absolute Gasteiger partial charge is 0.323 e. The Morgan fingerprint density at radius 1 is 1.11 bits per heavy atom. The molecule has 1 saturated carbocycles. The maximum absolute atomic E-state index is 6.00. The highest BCUT2D eigenvalue weighted by atomic mass is 35.5. The van der Waals surface area contributed by atoms with E-state index < -0.39 is 0 Å². The number of hydrogen-bond acceptors (Lipinski definition) is 0. The van der Waals surface area contributed by atoms with Crippen molar-refractivity contribution >= 4 is 11.6 Å². The second-order valence-corrected chi connectivity index (χ2v) is 6.69. The number of likely N-dealkylation sites (tertiary alicyclic amines) is 1. The van der Waals surface area contributed by atoms with E-state index in [0.29, 0.717) is 5.41 Å². The highest BCUT2D eigenvalue weighted by Gasteiger charge is 2.51. The van der Waals surface area contributed by atoms with Crippen LogP contribution in [-0.4, -0.2) is 30.7 Å². The fraction of sp³-hybridized carbons (Fsp3) is 0.625. The predicted octanol–water partition coefficient (Wildman–Crippen LogP) is 4.00. The molecule has 1 nitrogen and oxygen atoms in total. The van der Waals surface area contributed by atoms with Gasteiger partial charge in [0.25, 0.3) is 0 Å². The molecule has 0 amide bonds. The molecule has 0 spiro atoms. The lowest BCUT2D eigenvalue weighted by Crippen LogP contribution is -2.49. The topological polar surface area (TPSA) is 0 Å². The molecule has 98 valence electrons. The van der Waals surface area contributed by atoms with Crippen molar-refractivity contribution in [2.75, 3.05) is 26.2 Å². The zero-order chi connectivity index (χ0) is 12.6. The number of likely N-dealkylation sites (N-methyl/N-ethyl adjacent to an activating group) is 1. The Kier molecular flexibility index (Phi) is 3.15. The van der Waals surface area contributed by atoms with Crippen LogP contribution in [0.2, 0.25) is 5.02 Å². The average molecular weight is 265 g/mol. The quantitative estimate of drug-likeness (QED) is 0.721. The van der Waals surface area contributed by atoms with Crippen molar-refractivity contribution in [2.24, 2.45) is 0 Å². The molecule has 1 aromatic rings. The van der Waals surface area contributed by atoms with E-state index in [2.05, 4.69) is 31.2 Å². The molecule has 0 N–H and O–H groups in total. The van der Waals surface area contributed by atoms with Gasteiger partial charge in [-0.05, 0) is 37.5 Å². The third-order valence-electron chi connectivity index (χ3n) is 5.13. The molecule has 1 aliphatic heterocycles. The molecule has 1 heterocycles. The number of quaternary nitrogens is 1. The Morgan fingerprint density at radius 2 is 1.72 bits per heavy atom. The van der Waals surface area contributed by atoms with Crippen LogP contribution in [0.5, 0.6) is 0 Å². The molecule has 2 fully saturated rings. The van der Waals surface area contributed by atoms with Crippen LogP contribution in [0.4, 0.5) is 0 Å². The van der Waals surface area contributed by atoms with Crippen LogP contribution in [0.1, 0.15) is 38.2 Å². The van der Waals surface area contributed by atoms with E-state index in [1.807, 2.05) is 0 Å². The van der Waals surface area contributed by atoms with E-state index in [-0.39, 0.29) is 0 Å². The van der Waals surface area contributed by atoms with E-state index in [1.165, 1.54) is 61.9 Å². The monoisotopic (exact) mass is 264 g/mol. The molecule has 0 radical (unpaired) electrons. The lowest BCUT2D eigenvalue weighted by molar-refractivity contribution is -0.917. The van der Waals surface area contributed by atoms with Crippen LogP contribution in [0.25, 0.3) is 0 Å². The highest BCUT2D eigenvalue weighted by molar-refractivity contribution is 6.30. The number of hydrogen-bond donors (Lipinski definition) is 0. The Hall–Kier alpha value is -0.530. The van der Waals surface area contributed by atoms with Crippen LogP contribution in [0.3, 0.4) is 0 Å². The first-order valence-electron chi connectivity index (χ1n) is 7.29. The van der Waals surface area contributed by atoms with E-state index in [9.17, 15) is 0 Å². The summed E-state index contributed by atoms with van der Waals surface area (Å²) in [6.45, 7) is 7.81. The molecular formula is C16H23ClN+. The number of halogens is 1. The third kappa shape index (κ3) is 2.19. The normalized spacial score (nSPS) is 24.1. The van der Waals surface area contributed by atoms with Gasteiger partial charge < -0.3 is 4.48 Å². The SMILES string of the molecule is CC[N+]1(CC2(c3ccc(Cl)cc3)CC2)CCCC1. The lowest BCUT2D eigenvalue weighted by Gasteiger charge is -2.37. The average Bonchev–Trinajstić information content (AvgIpc) is 3.00. The standard InChI is InChI=1S/C16H23ClN/c1-2-18(11-3-4-12-18)13-16(9-10-16)14-5-7-15(17)8-6-14/h5-8H,2-4,9-13H2,1H3/q+1. The smallest absolute Gasteiger partial charge is 0.0884 e. The number of nitrogens with zero attached hydrogens (tertiary/aromatic N) is 1. The molecule has 0 unspecified atom stereocenters. The summed E-state index contributed by atoms with van der Waals surface area (Å²) in [6, 6.07) is 8.60. The van der Waals surface area contributed by atoms with Crippen LogP contribution >= 0.6 is 11.6 Å². The van der Waals surface area contributed by atoms with Gasteiger partial charge in [-0.25, -0.2) is 0 Å². The molecule has 1 aliphatic carbocycles. The first kappa shape index (κ1) is 12.5. The molecule has 2 aliphatic rings. The van der Waals surface area contributed by atoms with Gasteiger partial charge in [-0.2, -0.15) is 0 Å². The summed E-state index contributed by atoms with van der Waals surface area (Å²) in [5.41, 5.74) is 2.00. The fourth-order valence-corrected chi connectivity index (χ4v) is 3.85. The minimum absolute atomic E-state index is 0.477.